The predicted molar refractivity (Wildman–Crippen MR) is 203 cm³/mol. The van der Waals surface area contributed by atoms with Crippen molar-refractivity contribution >= 4 is 11.9 Å². The first-order chi connectivity index (χ1) is 25.0. The zero-order chi connectivity index (χ0) is 38.2. The molecule has 0 bridgehead atoms. The number of aliphatic hydroxyl groups is 5. The van der Waals surface area contributed by atoms with Gasteiger partial charge in [0.15, 0.2) is 6.10 Å². The van der Waals surface area contributed by atoms with Crippen LogP contribution >= 0.6 is 0 Å². The van der Waals surface area contributed by atoms with Crippen molar-refractivity contribution < 1.29 is 49.3 Å². The molecular weight excluding hydrogens is 664 g/mol. The molecule has 10 heteroatoms. The average Bonchev–Trinajstić information content (AvgIpc) is 3.12. The number of rotatable bonds is 29. The van der Waals surface area contributed by atoms with Gasteiger partial charge in [0.05, 0.1) is 19.4 Å². The number of carbonyl (C=O) groups is 2. The Bertz CT molecular complexity index is 1050. The Morgan fingerprint density at radius 1 is 0.558 bits per heavy atom. The first-order valence-electron chi connectivity index (χ1n) is 21.0. The molecule has 0 saturated carbocycles. The van der Waals surface area contributed by atoms with Gasteiger partial charge in [0.1, 0.15) is 0 Å². The molecule has 302 valence electrons. The molecule has 0 amide bonds. The van der Waals surface area contributed by atoms with Crippen LogP contribution < -0.4 is 0 Å². The Hall–Kier alpha value is -1.82. The third-order valence-electron chi connectivity index (χ3n) is 10.7. The highest BCUT2D eigenvalue weighted by atomic mass is 16.8. The number of unbranched alkanes of at least 4 members (excludes halogenated alkanes) is 24. The van der Waals surface area contributed by atoms with Gasteiger partial charge in [-0.2, -0.15) is 0 Å². The van der Waals surface area contributed by atoms with Gasteiger partial charge in [0, 0.05) is 0 Å². The molecule has 0 aromatic carbocycles. The van der Waals surface area contributed by atoms with E-state index >= 15 is 0 Å². The zero-order valence-electron chi connectivity index (χ0n) is 32.7. The minimum atomic E-state index is -3.43. The maximum atomic E-state index is 12.7. The van der Waals surface area contributed by atoms with Crippen molar-refractivity contribution in [2.24, 2.45) is 0 Å². The SMILES string of the molecule is CCCCCCCCCCCCCC/C=C/C1(O)O[C@H](CO)[C@]2(O)OC(=O)CCC(=O)O[C@@]2(O)[C@@]1(O)/C=C/CCCCCCCCCCCCCC. The minimum Gasteiger partial charge on any atom is -0.423 e. The summed E-state index contributed by atoms with van der Waals surface area (Å²) in [5.74, 6) is -11.6. The molecule has 0 spiro atoms. The van der Waals surface area contributed by atoms with Crippen LogP contribution in [0.3, 0.4) is 0 Å². The van der Waals surface area contributed by atoms with Crippen LogP contribution in [-0.4, -0.2) is 73.1 Å². The Morgan fingerprint density at radius 3 is 1.33 bits per heavy atom. The zero-order valence-corrected chi connectivity index (χ0v) is 32.7. The lowest BCUT2D eigenvalue weighted by molar-refractivity contribution is -0.502. The number of hydrogen-bond acceptors (Lipinski definition) is 10. The number of fused-ring (bicyclic) bond motifs is 1. The monoisotopic (exact) mass is 739 g/mol. The second-order valence-electron chi connectivity index (χ2n) is 15.2. The largest absolute Gasteiger partial charge is 0.423 e. The van der Waals surface area contributed by atoms with Gasteiger partial charge in [-0.15, -0.1) is 0 Å². The Morgan fingerprint density at radius 2 is 0.923 bits per heavy atom. The number of carbonyl (C=O) groups excluding carboxylic acids is 2. The van der Waals surface area contributed by atoms with Crippen molar-refractivity contribution in [3.05, 3.63) is 24.3 Å². The fourth-order valence-electron chi connectivity index (χ4n) is 7.31. The Labute approximate surface area is 314 Å². The van der Waals surface area contributed by atoms with E-state index in [1.165, 1.54) is 109 Å². The standard InChI is InChI=1S/C42H74O10/c1-3-5-7-9-11-13-15-17-19-21-23-25-27-29-33-39(46)40(47,34-30-28-26-24-22-20-18-16-14-12-10-8-6-4-2)50-36(35-43)41(48)42(39,49)52-38(45)32-31-37(44)51-41/h29-30,33-34,36,43,46-49H,3-28,31-32,35H2,1-2H3/b33-29+,34-30+/t36-,39-,40?,41+,42+/m1/s1. The Balaban J connectivity index is 2.03. The summed E-state index contributed by atoms with van der Waals surface area (Å²) in [4.78, 5) is 25.3. The second-order valence-corrected chi connectivity index (χ2v) is 15.2. The number of ether oxygens (including phenoxy) is 3. The quantitative estimate of drug-likeness (QED) is 0.0286. The predicted octanol–water partition coefficient (Wildman–Crippen LogP) is 8.35. The lowest BCUT2D eigenvalue weighted by atomic mass is 9.73. The fraction of sp³-hybridized carbons (Fsp3) is 0.857. The lowest BCUT2D eigenvalue weighted by Gasteiger charge is -2.59. The van der Waals surface area contributed by atoms with Crippen molar-refractivity contribution in [2.45, 2.75) is 223 Å². The first kappa shape index (κ1) is 46.3. The topological polar surface area (TPSA) is 163 Å². The summed E-state index contributed by atoms with van der Waals surface area (Å²) in [7, 11) is 0. The second kappa shape index (κ2) is 25.3. The number of allylic oxidation sites excluding steroid dienone is 2. The van der Waals surface area contributed by atoms with E-state index in [1.807, 2.05) is 0 Å². The molecule has 0 aromatic heterocycles. The van der Waals surface area contributed by atoms with E-state index in [0.29, 0.717) is 12.8 Å². The van der Waals surface area contributed by atoms with Crippen LogP contribution in [0.5, 0.6) is 0 Å². The molecule has 2 rings (SSSR count). The van der Waals surface area contributed by atoms with E-state index in [2.05, 4.69) is 13.8 Å². The molecule has 0 aliphatic carbocycles. The summed E-state index contributed by atoms with van der Waals surface area (Å²) in [5, 5.41) is 57.8. The molecule has 0 aromatic rings. The van der Waals surface area contributed by atoms with E-state index in [0.717, 1.165) is 63.5 Å². The summed E-state index contributed by atoms with van der Waals surface area (Å²) in [6, 6.07) is 0. The summed E-state index contributed by atoms with van der Waals surface area (Å²) in [6.45, 7) is 3.41. The number of esters is 2. The van der Waals surface area contributed by atoms with Crippen molar-refractivity contribution in [3.63, 3.8) is 0 Å². The maximum absolute atomic E-state index is 12.7. The molecule has 0 radical (unpaired) electrons. The van der Waals surface area contributed by atoms with Gasteiger partial charge in [-0.05, 0) is 37.8 Å². The molecule has 5 N–H and O–H groups in total. The van der Waals surface area contributed by atoms with Gasteiger partial charge in [-0.1, -0.05) is 167 Å². The summed E-state index contributed by atoms with van der Waals surface area (Å²) in [5.41, 5.74) is -3.03. The first-order valence-corrected chi connectivity index (χ1v) is 21.0. The summed E-state index contributed by atoms with van der Waals surface area (Å²) >= 11 is 0. The molecule has 2 aliphatic rings. The van der Waals surface area contributed by atoms with Crippen LogP contribution in [0.25, 0.3) is 0 Å². The molecule has 10 nitrogen and oxygen atoms in total. The van der Waals surface area contributed by atoms with Crippen molar-refractivity contribution in [1.29, 1.82) is 0 Å². The summed E-state index contributed by atoms with van der Waals surface area (Å²) in [6.07, 6.45) is 31.8. The lowest BCUT2D eigenvalue weighted by Crippen LogP contribution is -2.85. The van der Waals surface area contributed by atoms with Crippen LogP contribution in [0.15, 0.2) is 24.3 Å². The molecule has 2 fully saturated rings. The van der Waals surface area contributed by atoms with Crippen molar-refractivity contribution in [1.82, 2.24) is 0 Å². The van der Waals surface area contributed by atoms with E-state index < -0.39 is 60.5 Å². The van der Waals surface area contributed by atoms with Gasteiger partial charge in [0.2, 0.25) is 11.4 Å². The van der Waals surface area contributed by atoms with Crippen molar-refractivity contribution in [2.75, 3.05) is 6.61 Å². The van der Waals surface area contributed by atoms with Crippen LogP contribution in [0.2, 0.25) is 0 Å². The van der Waals surface area contributed by atoms with E-state index in [1.54, 1.807) is 6.08 Å². The minimum absolute atomic E-state index is 0.448. The highest BCUT2D eigenvalue weighted by Crippen LogP contribution is 2.52. The van der Waals surface area contributed by atoms with Gasteiger partial charge in [0.25, 0.3) is 0 Å². The van der Waals surface area contributed by atoms with Gasteiger partial charge >= 0.3 is 23.5 Å². The highest BCUT2D eigenvalue weighted by Gasteiger charge is 2.81. The third kappa shape index (κ3) is 14.1. The van der Waals surface area contributed by atoms with Crippen LogP contribution in [0.4, 0.5) is 0 Å². The maximum Gasteiger partial charge on any atom is 0.318 e. The molecule has 2 saturated heterocycles. The van der Waals surface area contributed by atoms with E-state index in [9.17, 15) is 35.1 Å². The van der Waals surface area contributed by atoms with Gasteiger partial charge in [-0.3, -0.25) is 9.59 Å². The molecule has 2 aliphatic heterocycles. The normalized spacial score (nSPS) is 28.2. The van der Waals surface area contributed by atoms with Crippen LogP contribution in [0.1, 0.15) is 194 Å². The number of hydrogen-bond donors (Lipinski definition) is 5. The Kier molecular flexibility index (Phi) is 22.5. The smallest absolute Gasteiger partial charge is 0.318 e. The van der Waals surface area contributed by atoms with E-state index in [-0.39, 0.29) is 0 Å². The fourth-order valence-corrected chi connectivity index (χ4v) is 7.31. The van der Waals surface area contributed by atoms with Gasteiger partial charge < -0.3 is 39.7 Å². The van der Waals surface area contributed by atoms with Crippen molar-refractivity contribution in [3.8, 4) is 0 Å². The van der Waals surface area contributed by atoms with Crippen LogP contribution in [-0.2, 0) is 23.8 Å². The molecule has 52 heavy (non-hydrogen) atoms. The average molecular weight is 739 g/mol. The number of aliphatic hydroxyl groups excluding tert-OH is 1. The summed E-state index contributed by atoms with van der Waals surface area (Å²) < 4.78 is 16.1. The molecule has 1 unspecified atom stereocenters. The third-order valence-corrected chi connectivity index (χ3v) is 10.7. The van der Waals surface area contributed by atoms with Gasteiger partial charge in [-0.25, -0.2) is 0 Å². The van der Waals surface area contributed by atoms with E-state index in [4.69, 9.17) is 14.2 Å². The molecular formula is C42H74O10. The highest BCUT2D eigenvalue weighted by molar-refractivity contribution is 5.79. The molecule has 5 atom stereocenters. The van der Waals surface area contributed by atoms with Crippen LogP contribution in [0, 0.1) is 0 Å². The molecule has 2 heterocycles.